The molecule has 1 N–H and O–H groups in total. The molecule has 0 amide bonds. The number of phosphoric acid groups is 1. The number of rotatable bonds is 40. The summed E-state index contributed by atoms with van der Waals surface area (Å²) in [4.78, 5) is 22.8. The van der Waals surface area contributed by atoms with Crippen molar-refractivity contribution < 1.29 is 37.3 Å². The lowest BCUT2D eigenvalue weighted by atomic mass is 10.0. The van der Waals surface area contributed by atoms with Gasteiger partial charge in [-0.25, -0.2) is 4.57 Å². The lowest BCUT2D eigenvalue weighted by Gasteiger charge is -2.24. The number of allylic oxidation sites excluding steroid dienone is 2. The Morgan fingerprint density at radius 3 is 1.51 bits per heavy atom. The van der Waals surface area contributed by atoms with Crippen LogP contribution >= 0.6 is 7.82 Å². The van der Waals surface area contributed by atoms with Gasteiger partial charge < -0.3 is 18.9 Å². The quantitative estimate of drug-likeness (QED) is 0.0219. The van der Waals surface area contributed by atoms with E-state index in [1.54, 1.807) is 0 Å². The minimum Gasteiger partial charge on any atom is -0.457 e. The van der Waals surface area contributed by atoms with Crippen LogP contribution in [0.4, 0.5) is 0 Å². The molecule has 0 spiro atoms. The number of hydrogen-bond acceptors (Lipinski definition) is 6. The number of esters is 1. The molecule has 0 aromatic rings. The van der Waals surface area contributed by atoms with Gasteiger partial charge in [-0.15, -0.1) is 0 Å². The van der Waals surface area contributed by atoms with E-state index in [0.717, 1.165) is 32.1 Å². The second-order valence-electron chi connectivity index (χ2n) is 15.7. The largest absolute Gasteiger partial charge is 0.472 e. The Morgan fingerprint density at radius 2 is 1.02 bits per heavy atom. The van der Waals surface area contributed by atoms with E-state index in [4.69, 9.17) is 18.5 Å². The molecule has 2 atom stereocenters. The molecule has 0 saturated heterocycles. The molecule has 0 aliphatic carbocycles. The first-order valence-corrected chi connectivity index (χ1v) is 22.9. The maximum atomic E-state index is 12.7. The number of carbonyl (C=O) groups is 1. The van der Waals surface area contributed by atoms with Crippen molar-refractivity contribution in [3.63, 3.8) is 0 Å². The molecule has 51 heavy (non-hydrogen) atoms. The predicted octanol–water partition coefficient (Wildman–Crippen LogP) is 12.3. The summed E-state index contributed by atoms with van der Waals surface area (Å²) in [5.74, 6) is -0.313. The van der Waals surface area contributed by atoms with E-state index in [9.17, 15) is 14.3 Å². The van der Waals surface area contributed by atoms with Crippen molar-refractivity contribution in [2.24, 2.45) is 0 Å². The molecule has 0 aromatic heterocycles. The molecular weight excluding hydrogens is 661 g/mol. The normalized spacial score (nSPS) is 13.9. The number of quaternary nitrogens is 1. The maximum absolute atomic E-state index is 12.7. The van der Waals surface area contributed by atoms with Gasteiger partial charge in [-0.2, -0.15) is 0 Å². The van der Waals surface area contributed by atoms with E-state index < -0.39 is 13.9 Å². The summed E-state index contributed by atoms with van der Waals surface area (Å²) in [5, 5.41) is 0. The van der Waals surface area contributed by atoms with Crippen LogP contribution in [0.15, 0.2) is 12.2 Å². The van der Waals surface area contributed by atoms with Crippen molar-refractivity contribution >= 4 is 13.8 Å². The number of likely N-dealkylation sites (N-methyl/N-ethyl adjacent to an activating group) is 1. The zero-order valence-electron chi connectivity index (χ0n) is 34.4. The number of carbonyl (C=O) groups excluding carboxylic acids is 1. The van der Waals surface area contributed by atoms with Crippen LogP contribution in [0.2, 0.25) is 0 Å². The van der Waals surface area contributed by atoms with Crippen LogP contribution in [0, 0.1) is 0 Å². The summed E-state index contributed by atoms with van der Waals surface area (Å²) in [7, 11) is 1.67. The molecule has 0 fully saturated rings. The molecule has 0 aliphatic heterocycles. The highest BCUT2D eigenvalue weighted by Crippen LogP contribution is 2.43. The average molecular weight is 747 g/mol. The minimum absolute atomic E-state index is 0.0911. The molecule has 0 aliphatic rings. The number of hydrogen-bond donors (Lipinski definition) is 1. The Balaban J connectivity index is 4.22. The highest BCUT2D eigenvalue weighted by molar-refractivity contribution is 7.47. The van der Waals surface area contributed by atoms with Crippen LogP contribution in [-0.4, -0.2) is 75.6 Å². The van der Waals surface area contributed by atoms with Crippen molar-refractivity contribution in [3.8, 4) is 0 Å². The zero-order chi connectivity index (χ0) is 37.7. The number of nitrogens with zero attached hydrogens (tertiary/aromatic N) is 1. The first kappa shape index (κ1) is 50.2. The van der Waals surface area contributed by atoms with Gasteiger partial charge in [0.2, 0.25) is 0 Å². The van der Waals surface area contributed by atoms with E-state index in [1.807, 2.05) is 21.1 Å². The van der Waals surface area contributed by atoms with Gasteiger partial charge in [0.1, 0.15) is 19.3 Å². The predicted molar refractivity (Wildman–Crippen MR) is 215 cm³/mol. The summed E-state index contributed by atoms with van der Waals surface area (Å²) >= 11 is 0. The topological polar surface area (TPSA) is 91.3 Å². The van der Waals surface area contributed by atoms with E-state index in [-0.39, 0.29) is 25.8 Å². The molecule has 1 unspecified atom stereocenters. The van der Waals surface area contributed by atoms with Crippen molar-refractivity contribution in [2.75, 3.05) is 54.1 Å². The van der Waals surface area contributed by atoms with Gasteiger partial charge in [-0.1, -0.05) is 161 Å². The Hall–Kier alpha value is -0.760. The van der Waals surface area contributed by atoms with Gasteiger partial charge in [0, 0.05) is 13.0 Å². The molecule has 0 rings (SSSR count). The van der Waals surface area contributed by atoms with Crippen molar-refractivity contribution in [2.45, 2.75) is 200 Å². The van der Waals surface area contributed by atoms with Crippen LogP contribution in [0.1, 0.15) is 194 Å². The molecule has 0 heterocycles. The number of unbranched alkanes of at least 4 members (excludes halogenated alkanes) is 24. The van der Waals surface area contributed by atoms with Gasteiger partial charge in [-0.3, -0.25) is 13.8 Å². The van der Waals surface area contributed by atoms with Crippen molar-refractivity contribution in [1.82, 2.24) is 0 Å². The smallest absolute Gasteiger partial charge is 0.457 e. The first-order chi connectivity index (χ1) is 24.6. The van der Waals surface area contributed by atoms with E-state index in [0.29, 0.717) is 24.1 Å². The fraction of sp³-hybridized carbons (Fsp3) is 0.929. The van der Waals surface area contributed by atoms with Crippen molar-refractivity contribution in [1.29, 1.82) is 0 Å². The Labute approximate surface area is 316 Å². The summed E-state index contributed by atoms with van der Waals surface area (Å²) in [5.41, 5.74) is 0. The number of phosphoric ester groups is 1. The van der Waals surface area contributed by atoms with Crippen LogP contribution in [-0.2, 0) is 27.9 Å². The highest BCUT2D eigenvalue weighted by Gasteiger charge is 2.26. The Bertz CT molecular complexity index is 833. The third-order valence-electron chi connectivity index (χ3n) is 9.33. The monoisotopic (exact) mass is 747 g/mol. The Morgan fingerprint density at radius 1 is 0.588 bits per heavy atom. The molecule has 0 radical (unpaired) electrons. The van der Waals surface area contributed by atoms with Crippen LogP contribution in [0.25, 0.3) is 0 Å². The molecule has 8 nitrogen and oxygen atoms in total. The van der Waals surface area contributed by atoms with Crippen molar-refractivity contribution in [3.05, 3.63) is 12.2 Å². The molecule has 9 heteroatoms. The summed E-state index contributed by atoms with van der Waals surface area (Å²) < 4.78 is 35.0. The van der Waals surface area contributed by atoms with Gasteiger partial charge in [0.15, 0.2) is 0 Å². The first-order valence-electron chi connectivity index (χ1n) is 21.4. The van der Waals surface area contributed by atoms with E-state index in [1.165, 1.54) is 141 Å². The summed E-state index contributed by atoms with van der Waals surface area (Å²) in [6.45, 7) is 5.63. The maximum Gasteiger partial charge on any atom is 0.472 e. The van der Waals surface area contributed by atoms with Gasteiger partial charge in [0.05, 0.1) is 34.4 Å². The van der Waals surface area contributed by atoms with Gasteiger partial charge in [-0.05, 0) is 38.5 Å². The molecule has 0 saturated carbocycles. The summed E-state index contributed by atoms with van der Waals surface area (Å²) in [6, 6.07) is 0. The third kappa shape index (κ3) is 40.3. The molecule has 0 aromatic carbocycles. The molecule has 304 valence electrons. The van der Waals surface area contributed by atoms with E-state index in [2.05, 4.69) is 26.0 Å². The number of ether oxygens (including phenoxy) is 2. The third-order valence-corrected chi connectivity index (χ3v) is 10.3. The van der Waals surface area contributed by atoms with Gasteiger partial charge >= 0.3 is 13.8 Å². The lowest BCUT2D eigenvalue weighted by Crippen LogP contribution is -2.37. The average Bonchev–Trinajstić information content (AvgIpc) is 3.08. The highest BCUT2D eigenvalue weighted by atomic mass is 31.2. The fourth-order valence-electron chi connectivity index (χ4n) is 5.96. The Kier molecular flexibility index (Phi) is 35.7. The molecule has 0 bridgehead atoms. The standard InChI is InChI=1S/C42H84NO7P/c1-6-8-10-12-14-16-18-20-21-22-24-26-28-30-32-34-37-47-39-41(40-49-51(45,46)48-38-36-43(3,4)5)50-42(44)35-33-31-29-27-25-23-19-17-15-13-11-9-7-2/h16,18,41H,6-15,17,19-40H2,1-5H3/p+1/b18-16-/t41-/m1/s1. The second-order valence-corrected chi connectivity index (χ2v) is 17.2. The van der Waals surface area contributed by atoms with E-state index >= 15 is 0 Å². The zero-order valence-corrected chi connectivity index (χ0v) is 35.3. The lowest BCUT2D eigenvalue weighted by molar-refractivity contribution is -0.870. The molecular formula is C42H85NO7P+. The van der Waals surface area contributed by atoms with Crippen LogP contribution < -0.4 is 0 Å². The summed E-state index contributed by atoms with van der Waals surface area (Å²) in [6.07, 6.45) is 38.0. The SMILES string of the molecule is CCCCCC/C=C\CCCCCCCCCCOC[C@H](COP(=O)(O)OCC[N+](C)(C)C)OC(=O)CCCCCCCCCCCCCCC. The van der Waals surface area contributed by atoms with Gasteiger partial charge in [0.25, 0.3) is 0 Å². The van der Waals surface area contributed by atoms with Crippen LogP contribution in [0.3, 0.4) is 0 Å². The van der Waals surface area contributed by atoms with Crippen LogP contribution in [0.5, 0.6) is 0 Å². The second kappa shape index (κ2) is 36.2. The fourth-order valence-corrected chi connectivity index (χ4v) is 6.70. The minimum atomic E-state index is -4.27.